The van der Waals surface area contributed by atoms with E-state index in [0.29, 0.717) is 21.8 Å². The van der Waals surface area contributed by atoms with Gasteiger partial charge in [-0.1, -0.05) is 29.8 Å². The highest BCUT2D eigenvalue weighted by atomic mass is 35.5. The molecule has 0 aliphatic carbocycles. The summed E-state index contributed by atoms with van der Waals surface area (Å²) in [7, 11) is 0. The molecule has 8 heteroatoms. The summed E-state index contributed by atoms with van der Waals surface area (Å²) in [6.07, 6.45) is 0. The number of carbonyl (C=O) groups excluding carboxylic acids is 3. The number of nitrogens with zero attached hydrogens (tertiary/aromatic N) is 2. The van der Waals surface area contributed by atoms with Crippen LogP contribution < -0.4 is 10.6 Å². The zero-order valence-corrected chi connectivity index (χ0v) is 16.9. The molecule has 29 heavy (non-hydrogen) atoms. The van der Waals surface area contributed by atoms with Crippen LogP contribution in [0, 0.1) is 25.2 Å². The first-order chi connectivity index (χ1) is 13.7. The molecule has 0 aromatic heterocycles. The van der Waals surface area contributed by atoms with E-state index in [1.54, 1.807) is 37.3 Å². The zero-order valence-electron chi connectivity index (χ0n) is 16.2. The predicted molar refractivity (Wildman–Crippen MR) is 108 cm³/mol. The van der Waals surface area contributed by atoms with Gasteiger partial charge in [-0.25, -0.2) is 4.79 Å². The van der Waals surface area contributed by atoms with Gasteiger partial charge < -0.3 is 10.6 Å². The molecular weight excluding hydrogens is 392 g/mol. The van der Waals surface area contributed by atoms with Crippen LogP contribution in [0.1, 0.15) is 29.2 Å². The number of rotatable bonds is 4. The third-order valence-corrected chi connectivity index (χ3v) is 5.16. The molecule has 148 valence electrons. The molecule has 3 rings (SSSR count). The van der Waals surface area contributed by atoms with Crippen LogP contribution in [0.25, 0.3) is 0 Å². The van der Waals surface area contributed by atoms with Crippen molar-refractivity contribution in [3.8, 4) is 6.07 Å². The van der Waals surface area contributed by atoms with Gasteiger partial charge >= 0.3 is 6.03 Å². The highest BCUT2D eigenvalue weighted by molar-refractivity contribution is 6.34. The highest BCUT2D eigenvalue weighted by Crippen LogP contribution is 2.30. The van der Waals surface area contributed by atoms with E-state index in [1.807, 2.05) is 26.0 Å². The fraction of sp³-hybridized carbons (Fsp3) is 0.238. The molecule has 1 heterocycles. The molecule has 2 aromatic rings. The molecular formula is C21H19ClN4O3. The zero-order chi connectivity index (χ0) is 21.3. The molecule has 1 atom stereocenters. The number of imide groups is 1. The van der Waals surface area contributed by atoms with E-state index in [1.165, 1.54) is 0 Å². The van der Waals surface area contributed by atoms with Crippen molar-refractivity contribution in [1.29, 1.82) is 5.26 Å². The Bertz CT molecular complexity index is 1040. The van der Waals surface area contributed by atoms with Crippen molar-refractivity contribution in [2.45, 2.75) is 26.3 Å². The monoisotopic (exact) mass is 410 g/mol. The lowest BCUT2D eigenvalue weighted by atomic mass is 9.91. The number of hydrogen-bond acceptors (Lipinski definition) is 4. The first kappa shape index (κ1) is 20.4. The Hall–Kier alpha value is -3.37. The number of nitriles is 1. The van der Waals surface area contributed by atoms with Gasteiger partial charge in [0, 0.05) is 0 Å². The lowest BCUT2D eigenvalue weighted by molar-refractivity contribution is -0.133. The number of benzene rings is 2. The molecule has 0 bridgehead atoms. The maximum absolute atomic E-state index is 12.9. The van der Waals surface area contributed by atoms with E-state index < -0.39 is 29.9 Å². The maximum Gasteiger partial charge on any atom is 0.325 e. The number of nitrogens with one attached hydrogen (secondary N) is 2. The fourth-order valence-corrected chi connectivity index (χ4v) is 3.68. The minimum Gasteiger partial charge on any atom is -0.323 e. The Morgan fingerprint density at radius 2 is 1.90 bits per heavy atom. The number of hydrogen-bond donors (Lipinski definition) is 2. The third-order valence-electron chi connectivity index (χ3n) is 4.86. The quantitative estimate of drug-likeness (QED) is 0.755. The summed E-state index contributed by atoms with van der Waals surface area (Å²) in [5.41, 5.74) is 1.83. The number of anilines is 1. The summed E-state index contributed by atoms with van der Waals surface area (Å²) in [6.45, 7) is 4.82. The van der Waals surface area contributed by atoms with Gasteiger partial charge in [0.05, 0.1) is 22.3 Å². The first-order valence-corrected chi connectivity index (χ1v) is 9.25. The molecule has 1 aliphatic rings. The van der Waals surface area contributed by atoms with E-state index in [4.69, 9.17) is 16.9 Å². The van der Waals surface area contributed by atoms with Gasteiger partial charge in [0.1, 0.15) is 12.1 Å². The van der Waals surface area contributed by atoms with E-state index in [-0.39, 0.29) is 0 Å². The fourth-order valence-electron chi connectivity index (χ4n) is 3.31. The van der Waals surface area contributed by atoms with Crippen LogP contribution in [0.4, 0.5) is 10.5 Å². The Labute approximate surface area is 173 Å². The van der Waals surface area contributed by atoms with Gasteiger partial charge in [0.15, 0.2) is 0 Å². The van der Waals surface area contributed by atoms with Gasteiger partial charge in [-0.2, -0.15) is 5.26 Å². The van der Waals surface area contributed by atoms with E-state index in [2.05, 4.69) is 10.6 Å². The summed E-state index contributed by atoms with van der Waals surface area (Å²) in [5, 5.41) is 14.6. The average molecular weight is 411 g/mol. The van der Waals surface area contributed by atoms with E-state index in [0.717, 1.165) is 16.0 Å². The minimum absolute atomic E-state index is 0.385. The van der Waals surface area contributed by atoms with E-state index in [9.17, 15) is 14.4 Å². The Balaban J connectivity index is 1.78. The number of aryl methyl sites for hydroxylation is 2. The van der Waals surface area contributed by atoms with Crippen molar-refractivity contribution in [3.63, 3.8) is 0 Å². The Morgan fingerprint density at radius 3 is 2.48 bits per heavy atom. The van der Waals surface area contributed by atoms with Crippen molar-refractivity contribution in [3.05, 3.63) is 63.7 Å². The average Bonchev–Trinajstić information content (AvgIpc) is 2.88. The normalized spacial score (nSPS) is 18.4. The third kappa shape index (κ3) is 3.80. The van der Waals surface area contributed by atoms with Gasteiger partial charge in [-0.15, -0.1) is 0 Å². The van der Waals surface area contributed by atoms with Gasteiger partial charge in [0.25, 0.3) is 5.91 Å². The van der Waals surface area contributed by atoms with Crippen LogP contribution in [-0.4, -0.2) is 29.3 Å². The molecule has 0 spiro atoms. The largest absolute Gasteiger partial charge is 0.325 e. The first-order valence-electron chi connectivity index (χ1n) is 8.87. The lowest BCUT2D eigenvalue weighted by Gasteiger charge is -2.22. The van der Waals surface area contributed by atoms with Crippen molar-refractivity contribution >= 4 is 35.1 Å². The molecule has 1 fully saturated rings. The van der Waals surface area contributed by atoms with Crippen LogP contribution in [0.15, 0.2) is 36.4 Å². The molecule has 0 saturated carbocycles. The van der Waals surface area contributed by atoms with Crippen molar-refractivity contribution in [1.82, 2.24) is 10.2 Å². The molecule has 7 nitrogen and oxygen atoms in total. The highest BCUT2D eigenvalue weighted by Gasteiger charge is 2.49. The molecule has 4 amide bonds. The number of carbonyl (C=O) groups is 3. The topological polar surface area (TPSA) is 102 Å². The summed E-state index contributed by atoms with van der Waals surface area (Å²) in [4.78, 5) is 38.7. The Morgan fingerprint density at radius 1 is 1.24 bits per heavy atom. The second-order valence-electron chi connectivity index (χ2n) is 7.12. The number of urea groups is 1. The van der Waals surface area contributed by atoms with Crippen molar-refractivity contribution in [2.24, 2.45) is 0 Å². The van der Waals surface area contributed by atoms with Crippen molar-refractivity contribution < 1.29 is 14.4 Å². The summed E-state index contributed by atoms with van der Waals surface area (Å²) in [5.74, 6) is -1.08. The van der Waals surface area contributed by atoms with Gasteiger partial charge in [-0.3, -0.25) is 14.5 Å². The van der Waals surface area contributed by atoms with Gasteiger partial charge in [0.2, 0.25) is 5.91 Å². The number of amides is 4. The molecule has 1 aliphatic heterocycles. The molecule has 1 unspecified atom stereocenters. The second-order valence-corrected chi connectivity index (χ2v) is 7.53. The van der Waals surface area contributed by atoms with Crippen LogP contribution in [0.5, 0.6) is 0 Å². The van der Waals surface area contributed by atoms with E-state index >= 15 is 0 Å². The van der Waals surface area contributed by atoms with Crippen LogP contribution in [0.3, 0.4) is 0 Å². The van der Waals surface area contributed by atoms with Crippen LogP contribution in [-0.2, 0) is 15.1 Å². The Kier molecular flexibility index (Phi) is 5.31. The standard InChI is InChI=1S/C21H19ClN4O3/c1-12-8-13(2)18(16(22)9-12)24-17(27)11-26-19(28)21(3,25-20(26)29)15-6-4-14(10-23)5-7-15/h4-9H,11H2,1-3H3,(H,24,27)(H,25,29). The van der Waals surface area contributed by atoms with Crippen molar-refractivity contribution in [2.75, 3.05) is 11.9 Å². The summed E-state index contributed by atoms with van der Waals surface area (Å²) >= 11 is 6.21. The summed E-state index contributed by atoms with van der Waals surface area (Å²) in [6, 6.07) is 11.3. The van der Waals surface area contributed by atoms with Crippen LogP contribution >= 0.6 is 11.6 Å². The smallest absolute Gasteiger partial charge is 0.323 e. The minimum atomic E-state index is -1.32. The van der Waals surface area contributed by atoms with Gasteiger partial charge in [-0.05, 0) is 55.7 Å². The molecule has 0 radical (unpaired) electrons. The molecule has 2 N–H and O–H groups in total. The van der Waals surface area contributed by atoms with Crippen LogP contribution in [0.2, 0.25) is 5.02 Å². The maximum atomic E-state index is 12.9. The molecule has 2 aromatic carbocycles. The SMILES string of the molecule is Cc1cc(C)c(NC(=O)CN2C(=O)NC(C)(c3ccc(C#N)cc3)C2=O)c(Cl)c1. The summed E-state index contributed by atoms with van der Waals surface area (Å²) < 4.78 is 0. The lowest BCUT2D eigenvalue weighted by Crippen LogP contribution is -2.42. The number of halogens is 1. The predicted octanol–water partition coefficient (Wildman–Crippen LogP) is 3.23. The second kappa shape index (κ2) is 7.57. The molecule has 1 saturated heterocycles.